The van der Waals surface area contributed by atoms with Crippen LogP contribution in [0.5, 0.6) is 0 Å². The fourth-order valence-electron chi connectivity index (χ4n) is 4.13. The third-order valence-electron chi connectivity index (χ3n) is 5.91. The molecule has 2 aromatic heterocycles. The lowest BCUT2D eigenvalue weighted by Crippen LogP contribution is -2.42. The van der Waals surface area contributed by atoms with Gasteiger partial charge in [0, 0.05) is 19.6 Å². The molecule has 3 aromatic rings. The number of unbranched alkanes of at least 4 members (excludes halogenated alkanes) is 1. The second kappa shape index (κ2) is 10.5. The van der Waals surface area contributed by atoms with Gasteiger partial charge in [-0.15, -0.1) is 17.9 Å². The summed E-state index contributed by atoms with van der Waals surface area (Å²) in [4.78, 5) is 18.3. The van der Waals surface area contributed by atoms with Gasteiger partial charge in [-0.1, -0.05) is 42.9 Å². The Bertz CT molecular complexity index is 1300. The summed E-state index contributed by atoms with van der Waals surface area (Å²) in [7, 11) is -3.57. The second-order valence-corrected chi connectivity index (χ2v) is 12.4. The van der Waals surface area contributed by atoms with E-state index in [0.29, 0.717) is 34.9 Å². The molecule has 1 amide bonds. The zero-order valence-corrected chi connectivity index (χ0v) is 21.2. The van der Waals surface area contributed by atoms with E-state index in [1.54, 1.807) is 23.6 Å². The van der Waals surface area contributed by atoms with E-state index in [4.69, 9.17) is 0 Å². The normalized spacial score (nSPS) is 18.1. The maximum atomic E-state index is 13.2. The average molecular weight is 504 g/mol. The van der Waals surface area contributed by atoms with E-state index in [-0.39, 0.29) is 12.5 Å². The van der Waals surface area contributed by atoms with Crippen molar-refractivity contribution in [2.24, 2.45) is 10.9 Å². The van der Waals surface area contributed by atoms with E-state index < -0.39 is 15.9 Å². The Labute approximate surface area is 203 Å². The molecule has 1 saturated heterocycles. The number of benzene rings is 1. The minimum atomic E-state index is -3.57. The van der Waals surface area contributed by atoms with Gasteiger partial charge < -0.3 is 4.57 Å². The van der Waals surface area contributed by atoms with Gasteiger partial charge in [0.05, 0.1) is 16.1 Å². The van der Waals surface area contributed by atoms with Gasteiger partial charge in [-0.3, -0.25) is 4.79 Å². The molecule has 0 N–H and O–H groups in total. The third-order valence-corrected chi connectivity index (χ3v) is 10.2. The lowest BCUT2D eigenvalue weighted by Gasteiger charge is -2.29. The first-order chi connectivity index (χ1) is 15.9. The van der Waals surface area contributed by atoms with Gasteiger partial charge in [0.2, 0.25) is 0 Å². The molecule has 0 radical (unpaired) electrons. The summed E-state index contributed by atoms with van der Waals surface area (Å²) in [5, 5.41) is 1.75. The number of thiazole rings is 1. The van der Waals surface area contributed by atoms with Crippen molar-refractivity contribution in [3.8, 4) is 0 Å². The summed E-state index contributed by atoms with van der Waals surface area (Å²) in [6, 6.07) is 9.77. The molecule has 1 aliphatic heterocycles. The number of carbonyl (C=O) groups excluding carboxylic acids is 1. The number of piperidine rings is 1. The van der Waals surface area contributed by atoms with Crippen LogP contribution in [0.4, 0.5) is 0 Å². The van der Waals surface area contributed by atoms with Gasteiger partial charge in [-0.05, 0) is 54.8 Å². The number of thiophene rings is 1. The van der Waals surface area contributed by atoms with Crippen LogP contribution in [-0.2, 0) is 27.8 Å². The van der Waals surface area contributed by atoms with E-state index in [9.17, 15) is 13.2 Å². The summed E-state index contributed by atoms with van der Waals surface area (Å²) >= 11 is 2.71. The van der Waals surface area contributed by atoms with Crippen LogP contribution in [0.2, 0.25) is 0 Å². The monoisotopic (exact) mass is 503 g/mol. The van der Waals surface area contributed by atoms with Crippen molar-refractivity contribution < 1.29 is 13.2 Å². The molecule has 1 fully saturated rings. The van der Waals surface area contributed by atoms with Gasteiger partial charge in [0.15, 0.2) is 4.80 Å². The highest BCUT2D eigenvalue weighted by molar-refractivity contribution is 7.91. The Hall–Kier alpha value is -2.07. The Kier molecular flexibility index (Phi) is 7.63. The number of sulfonamides is 1. The van der Waals surface area contributed by atoms with Crippen LogP contribution in [0, 0.1) is 5.92 Å². The summed E-state index contributed by atoms with van der Waals surface area (Å²) in [6.07, 6.45) is 6.42. The van der Waals surface area contributed by atoms with Crippen LogP contribution < -0.4 is 4.80 Å². The fraction of sp³-hybridized carbons (Fsp3) is 0.417. The molecular formula is C24H29N3O3S3. The number of allylic oxidation sites excluding steroid dienone is 1. The highest BCUT2D eigenvalue weighted by atomic mass is 32.2. The number of aryl methyl sites for hydroxylation is 1. The lowest BCUT2D eigenvalue weighted by atomic mass is 9.99. The summed E-state index contributed by atoms with van der Waals surface area (Å²) in [5.41, 5.74) is 2.33. The zero-order valence-electron chi connectivity index (χ0n) is 18.8. The van der Waals surface area contributed by atoms with Crippen molar-refractivity contribution in [3.63, 3.8) is 0 Å². The molecule has 3 heterocycles. The average Bonchev–Trinajstić information content (AvgIpc) is 3.47. The van der Waals surface area contributed by atoms with Gasteiger partial charge in [0.1, 0.15) is 4.21 Å². The number of carbonyl (C=O) groups is 1. The molecule has 1 unspecified atom stereocenters. The molecule has 9 heteroatoms. The predicted octanol–water partition coefficient (Wildman–Crippen LogP) is 4.82. The number of hydrogen-bond donors (Lipinski definition) is 0. The summed E-state index contributed by atoms with van der Waals surface area (Å²) in [6.45, 7) is 7.21. The molecule has 0 spiro atoms. The van der Waals surface area contributed by atoms with E-state index >= 15 is 0 Å². The zero-order chi connectivity index (χ0) is 23.4. The van der Waals surface area contributed by atoms with Crippen molar-refractivity contribution in [2.75, 3.05) is 13.1 Å². The van der Waals surface area contributed by atoms with Crippen LogP contribution in [0.25, 0.3) is 10.2 Å². The third kappa shape index (κ3) is 5.21. The summed E-state index contributed by atoms with van der Waals surface area (Å²) in [5.74, 6) is -0.687. The maximum absolute atomic E-state index is 13.2. The first-order valence-corrected chi connectivity index (χ1v) is 14.4. The van der Waals surface area contributed by atoms with Crippen molar-refractivity contribution in [2.45, 2.75) is 49.8 Å². The molecule has 6 nitrogen and oxygen atoms in total. The number of hydrogen-bond acceptors (Lipinski definition) is 5. The number of amides is 1. The van der Waals surface area contributed by atoms with Crippen LogP contribution in [0.1, 0.15) is 38.2 Å². The van der Waals surface area contributed by atoms with E-state index in [2.05, 4.69) is 36.7 Å². The predicted molar refractivity (Wildman–Crippen MR) is 135 cm³/mol. The molecular weight excluding hydrogens is 474 g/mol. The molecule has 33 heavy (non-hydrogen) atoms. The van der Waals surface area contributed by atoms with E-state index in [0.717, 1.165) is 29.5 Å². The molecule has 0 bridgehead atoms. The van der Waals surface area contributed by atoms with Crippen molar-refractivity contribution in [1.29, 1.82) is 0 Å². The Morgan fingerprint density at radius 2 is 2.18 bits per heavy atom. The van der Waals surface area contributed by atoms with Gasteiger partial charge in [-0.25, -0.2) is 8.42 Å². The van der Waals surface area contributed by atoms with Crippen LogP contribution in [-0.4, -0.2) is 36.3 Å². The molecule has 1 atom stereocenters. The van der Waals surface area contributed by atoms with Crippen molar-refractivity contribution in [3.05, 3.63) is 58.7 Å². The van der Waals surface area contributed by atoms with E-state index in [1.165, 1.54) is 32.5 Å². The largest absolute Gasteiger partial charge is 0.313 e. The van der Waals surface area contributed by atoms with Gasteiger partial charge in [-0.2, -0.15) is 9.30 Å². The van der Waals surface area contributed by atoms with Crippen molar-refractivity contribution in [1.82, 2.24) is 8.87 Å². The Morgan fingerprint density at radius 3 is 2.91 bits per heavy atom. The quantitative estimate of drug-likeness (QED) is 0.414. The van der Waals surface area contributed by atoms with Crippen molar-refractivity contribution >= 4 is 48.8 Å². The first-order valence-electron chi connectivity index (χ1n) is 11.3. The first kappa shape index (κ1) is 24.1. The maximum Gasteiger partial charge on any atom is 0.252 e. The second-order valence-electron chi connectivity index (χ2n) is 8.27. The Morgan fingerprint density at radius 1 is 1.33 bits per heavy atom. The number of rotatable bonds is 8. The summed E-state index contributed by atoms with van der Waals surface area (Å²) < 4.78 is 30.7. The van der Waals surface area contributed by atoms with Crippen LogP contribution in [0.15, 0.2) is 57.6 Å². The molecule has 4 rings (SSSR count). The lowest BCUT2D eigenvalue weighted by molar-refractivity contribution is -0.122. The highest BCUT2D eigenvalue weighted by Crippen LogP contribution is 2.27. The van der Waals surface area contributed by atoms with Gasteiger partial charge in [0.25, 0.3) is 15.9 Å². The molecule has 0 aliphatic carbocycles. The SMILES string of the molecule is C=CCn1c(=NC(=O)C2CCCN(S(=O)(=O)c3cccs3)C2)sc2cc(CCCC)ccc21. The van der Waals surface area contributed by atoms with E-state index in [1.807, 2.05) is 4.57 Å². The minimum absolute atomic E-state index is 0.177. The standard InChI is InChI=1S/C24H29N3O3S3/c1-3-5-8-18-11-12-20-21(16-18)32-24(27(20)13-4-2)25-23(28)19-9-6-14-26(17-19)33(29,30)22-10-7-15-31-22/h4,7,10-12,15-16,19H,2-3,5-6,8-9,13-14,17H2,1H3. The Balaban J connectivity index is 1.62. The minimum Gasteiger partial charge on any atom is -0.313 e. The number of aromatic nitrogens is 1. The topological polar surface area (TPSA) is 71.7 Å². The highest BCUT2D eigenvalue weighted by Gasteiger charge is 2.33. The molecule has 176 valence electrons. The smallest absolute Gasteiger partial charge is 0.252 e. The molecule has 1 aliphatic rings. The molecule has 0 saturated carbocycles. The number of nitrogens with zero attached hydrogens (tertiary/aromatic N) is 3. The molecule has 1 aromatic carbocycles. The number of fused-ring (bicyclic) bond motifs is 1. The van der Waals surface area contributed by atoms with Crippen LogP contribution >= 0.6 is 22.7 Å². The van der Waals surface area contributed by atoms with Gasteiger partial charge >= 0.3 is 0 Å². The van der Waals surface area contributed by atoms with Crippen LogP contribution in [0.3, 0.4) is 0 Å². The fourth-order valence-corrected chi connectivity index (χ4v) is 7.91.